The zero-order chi connectivity index (χ0) is 19.4. The molecular formula is C20H26O6. The van der Waals surface area contributed by atoms with E-state index in [4.69, 9.17) is 9.47 Å². The van der Waals surface area contributed by atoms with Crippen molar-refractivity contribution < 1.29 is 29.3 Å². The van der Waals surface area contributed by atoms with Gasteiger partial charge in [0.25, 0.3) is 0 Å². The molecule has 0 aromatic carbocycles. The van der Waals surface area contributed by atoms with E-state index in [9.17, 15) is 19.8 Å². The molecule has 4 atom stereocenters. The number of fused-ring (bicyclic) bond motifs is 1. The molecule has 0 bridgehead atoms. The summed E-state index contributed by atoms with van der Waals surface area (Å²) in [6.45, 7) is 8.62. The highest BCUT2D eigenvalue weighted by molar-refractivity contribution is 5.92. The molecule has 0 saturated carbocycles. The molecule has 26 heavy (non-hydrogen) atoms. The maximum Gasteiger partial charge on any atom is 0.334 e. The molecule has 1 aliphatic heterocycles. The standard InChI is InChI=1S/C20H26O6/c1-5-12(3)19(23)26-18-16-13(4)20(24)25-15(16)9-11(2)7-6-8-14(10-21)17(18)22/h5,8-9,15-18,21-22H,4,6-7,10H2,1-3H3/b11-9-,12-5-,14-8-/t15-,16+,17-,18-/m1/s1. The summed E-state index contributed by atoms with van der Waals surface area (Å²) in [4.78, 5) is 24.4. The van der Waals surface area contributed by atoms with Crippen LogP contribution in [0.15, 0.2) is 47.1 Å². The summed E-state index contributed by atoms with van der Waals surface area (Å²) in [7, 11) is 0. The lowest BCUT2D eigenvalue weighted by Crippen LogP contribution is -2.43. The van der Waals surface area contributed by atoms with E-state index in [1.807, 2.05) is 13.0 Å². The van der Waals surface area contributed by atoms with Gasteiger partial charge in [0.1, 0.15) is 18.3 Å². The van der Waals surface area contributed by atoms with Crippen LogP contribution < -0.4 is 0 Å². The Bertz CT molecular complexity index is 684. The lowest BCUT2D eigenvalue weighted by Gasteiger charge is -2.31. The Labute approximate surface area is 153 Å². The van der Waals surface area contributed by atoms with Crippen LogP contribution in [0, 0.1) is 5.92 Å². The van der Waals surface area contributed by atoms with E-state index in [1.54, 1.807) is 26.0 Å². The predicted molar refractivity (Wildman–Crippen MR) is 96.0 cm³/mol. The summed E-state index contributed by atoms with van der Waals surface area (Å²) in [5.74, 6) is -1.90. The molecule has 2 aliphatic rings. The highest BCUT2D eigenvalue weighted by Gasteiger charge is 2.47. The summed E-state index contributed by atoms with van der Waals surface area (Å²) < 4.78 is 10.9. The molecule has 142 valence electrons. The Kier molecular flexibility index (Phi) is 6.56. The average molecular weight is 362 g/mol. The van der Waals surface area contributed by atoms with Crippen molar-refractivity contribution in [3.63, 3.8) is 0 Å². The van der Waals surface area contributed by atoms with Crippen molar-refractivity contribution in [3.05, 3.63) is 47.1 Å². The summed E-state index contributed by atoms with van der Waals surface area (Å²) in [6, 6.07) is 0. The van der Waals surface area contributed by atoms with Crippen LogP contribution in [0.4, 0.5) is 0 Å². The Morgan fingerprint density at radius 3 is 2.81 bits per heavy atom. The number of aliphatic hydroxyl groups is 2. The Morgan fingerprint density at radius 1 is 1.50 bits per heavy atom. The van der Waals surface area contributed by atoms with Crippen LogP contribution in [0.1, 0.15) is 33.6 Å². The van der Waals surface area contributed by atoms with E-state index in [-0.39, 0.29) is 12.2 Å². The van der Waals surface area contributed by atoms with Crippen LogP contribution in [0.5, 0.6) is 0 Å². The minimum absolute atomic E-state index is 0.145. The van der Waals surface area contributed by atoms with Gasteiger partial charge in [-0.05, 0) is 45.3 Å². The van der Waals surface area contributed by atoms with Crippen molar-refractivity contribution in [1.82, 2.24) is 0 Å². The molecule has 2 rings (SSSR count). The molecule has 1 heterocycles. The molecule has 1 aliphatic carbocycles. The highest BCUT2D eigenvalue weighted by Crippen LogP contribution is 2.36. The van der Waals surface area contributed by atoms with E-state index in [1.165, 1.54) is 0 Å². The third-order valence-electron chi connectivity index (χ3n) is 4.88. The number of carbonyl (C=O) groups is 2. The number of hydrogen-bond acceptors (Lipinski definition) is 6. The van der Waals surface area contributed by atoms with Crippen LogP contribution in [0.25, 0.3) is 0 Å². The first-order valence-electron chi connectivity index (χ1n) is 8.69. The normalized spacial score (nSPS) is 34.1. The first kappa shape index (κ1) is 20.1. The molecule has 0 aromatic rings. The van der Waals surface area contributed by atoms with Crippen molar-refractivity contribution in [2.45, 2.75) is 51.9 Å². The van der Waals surface area contributed by atoms with E-state index in [0.717, 1.165) is 5.57 Å². The predicted octanol–water partition coefficient (Wildman–Crippen LogP) is 1.98. The zero-order valence-electron chi connectivity index (χ0n) is 15.4. The van der Waals surface area contributed by atoms with Crippen LogP contribution >= 0.6 is 0 Å². The summed E-state index contributed by atoms with van der Waals surface area (Å²) >= 11 is 0. The topological polar surface area (TPSA) is 93.1 Å². The van der Waals surface area contributed by atoms with Gasteiger partial charge in [0.15, 0.2) is 0 Å². The van der Waals surface area contributed by atoms with Crippen molar-refractivity contribution in [2.24, 2.45) is 5.92 Å². The second-order valence-electron chi connectivity index (χ2n) is 6.70. The van der Waals surface area contributed by atoms with Gasteiger partial charge < -0.3 is 19.7 Å². The molecule has 0 unspecified atom stereocenters. The molecule has 1 saturated heterocycles. The largest absolute Gasteiger partial charge is 0.455 e. The van der Waals surface area contributed by atoms with Gasteiger partial charge >= 0.3 is 11.9 Å². The molecular weight excluding hydrogens is 336 g/mol. The third-order valence-corrected chi connectivity index (χ3v) is 4.88. The quantitative estimate of drug-likeness (QED) is 0.453. The number of carbonyl (C=O) groups excluding carboxylic acids is 2. The number of aliphatic hydroxyl groups excluding tert-OH is 2. The van der Waals surface area contributed by atoms with Gasteiger partial charge in [-0.3, -0.25) is 0 Å². The van der Waals surface area contributed by atoms with Gasteiger partial charge in [0.05, 0.1) is 12.5 Å². The van der Waals surface area contributed by atoms with Gasteiger partial charge in [0.2, 0.25) is 0 Å². The summed E-state index contributed by atoms with van der Waals surface area (Å²) in [5.41, 5.74) is 1.87. The number of allylic oxidation sites excluding steroid dienone is 3. The van der Waals surface area contributed by atoms with E-state index >= 15 is 0 Å². The molecule has 6 nitrogen and oxygen atoms in total. The Morgan fingerprint density at radius 2 is 2.19 bits per heavy atom. The fourth-order valence-corrected chi connectivity index (χ4v) is 3.14. The second-order valence-corrected chi connectivity index (χ2v) is 6.70. The monoisotopic (exact) mass is 362 g/mol. The molecule has 2 N–H and O–H groups in total. The molecule has 0 radical (unpaired) electrons. The van der Waals surface area contributed by atoms with Gasteiger partial charge in [-0.15, -0.1) is 0 Å². The van der Waals surface area contributed by atoms with E-state index in [2.05, 4.69) is 6.58 Å². The zero-order valence-corrected chi connectivity index (χ0v) is 15.4. The summed E-state index contributed by atoms with van der Waals surface area (Å²) in [6.07, 6.45) is 3.43. The maximum atomic E-state index is 12.3. The van der Waals surface area contributed by atoms with Gasteiger partial charge in [0, 0.05) is 11.1 Å². The molecule has 0 amide bonds. The van der Waals surface area contributed by atoms with E-state index in [0.29, 0.717) is 24.0 Å². The molecule has 0 aromatic heterocycles. The van der Waals surface area contributed by atoms with Crippen LogP contribution in [-0.2, 0) is 19.1 Å². The molecule has 1 fully saturated rings. The van der Waals surface area contributed by atoms with E-state index < -0.39 is 36.2 Å². The SMILES string of the molecule is C=C1C(=O)O[C@@H]2/C=C(/C)CC/C=C(/CO)[C@@H](O)[C@H](OC(=O)/C(C)=C\C)[C@@H]12. The van der Waals surface area contributed by atoms with Gasteiger partial charge in [-0.2, -0.15) is 0 Å². The van der Waals surface area contributed by atoms with Crippen LogP contribution in [0.2, 0.25) is 0 Å². The number of rotatable bonds is 3. The molecule has 0 spiro atoms. The lowest BCUT2D eigenvalue weighted by atomic mass is 9.83. The van der Waals surface area contributed by atoms with Crippen molar-refractivity contribution >= 4 is 11.9 Å². The smallest absolute Gasteiger partial charge is 0.334 e. The van der Waals surface area contributed by atoms with Crippen molar-refractivity contribution in [1.29, 1.82) is 0 Å². The average Bonchev–Trinajstić information content (AvgIpc) is 2.88. The first-order valence-corrected chi connectivity index (χ1v) is 8.69. The second kappa shape index (κ2) is 8.47. The van der Waals surface area contributed by atoms with Crippen molar-refractivity contribution in [3.8, 4) is 0 Å². The first-order chi connectivity index (χ1) is 12.3. The lowest BCUT2D eigenvalue weighted by molar-refractivity contribution is -0.153. The fraction of sp³-hybridized carbons (Fsp3) is 0.500. The van der Waals surface area contributed by atoms with Gasteiger partial charge in [-0.25, -0.2) is 9.59 Å². The molecule has 6 heteroatoms. The van der Waals surface area contributed by atoms with Crippen molar-refractivity contribution in [2.75, 3.05) is 6.61 Å². The highest BCUT2D eigenvalue weighted by atomic mass is 16.6. The Balaban J connectivity index is 2.50. The summed E-state index contributed by atoms with van der Waals surface area (Å²) in [5, 5.41) is 20.5. The van der Waals surface area contributed by atoms with Crippen LogP contribution in [0.3, 0.4) is 0 Å². The maximum absolute atomic E-state index is 12.3. The number of hydrogen-bond donors (Lipinski definition) is 2. The van der Waals surface area contributed by atoms with Crippen LogP contribution in [-0.4, -0.2) is 47.1 Å². The minimum Gasteiger partial charge on any atom is -0.455 e. The third kappa shape index (κ3) is 4.14. The fourth-order valence-electron chi connectivity index (χ4n) is 3.14. The van der Waals surface area contributed by atoms with Gasteiger partial charge in [-0.1, -0.05) is 24.3 Å². The Hall–Kier alpha value is -2.18. The number of ether oxygens (including phenoxy) is 2. The number of esters is 2. The minimum atomic E-state index is -1.26.